The minimum Gasteiger partial charge on any atom is -0.352 e. The van der Waals surface area contributed by atoms with Crippen molar-refractivity contribution in [2.75, 3.05) is 6.54 Å². The molecule has 3 amide bonds. The first kappa shape index (κ1) is 30.5. The van der Waals surface area contributed by atoms with Crippen LogP contribution in [0, 0.1) is 6.92 Å². The average Bonchev–Trinajstić information content (AvgIpc) is 3.21. The molecule has 0 bridgehead atoms. The van der Waals surface area contributed by atoms with Gasteiger partial charge in [-0.3, -0.25) is 14.4 Å². The van der Waals surface area contributed by atoms with E-state index in [1.165, 1.54) is 12.1 Å². The van der Waals surface area contributed by atoms with Crippen LogP contribution in [0.15, 0.2) is 83.8 Å². The molecule has 3 aromatic rings. The number of nitrogens with zero attached hydrogens (tertiary/aromatic N) is 2. The van der Waals surface area contributed by atoms with E-state index in [0.717, 1.165) is 53.1 Å². The van der Waals surface area contributed by atoms with Crippen LogP contribution in [-0.2, 0) is 32.6 Å². The Labute approximate surface area is 254 Å². The van der Waals surface area contributed by atoms with E-state index < -0.39 is 22.0 Å². The van der Waals surface area contributed by atoms with Gasteiger partial charge < -0.3 is 10.2 Å². The van der Waals surface area contributed by atoms with Gasteiger partial charge >= 0.3 is 0 Å². The molecule has 0 saturated heterocycles. The third-order valence-corrected chi connectivity index (χ3v) is 10.2. The molecule has 1 fully saturated rings. The summed E-state index contributed by atoms with van der Waals surface area (Å²) in [6, 6.07) is 23.0. The highest BCUT2D eigenvalue weighted by molar-refractivity contribution is 7.90. The Morgan fingerprint density at radius 2 is 1.58 bits per heavy atom. The van der Waals surface area contributed by atoms with Crippen molar-refractivity contribution in [1.82, 2.24) is 14.5 Å². The number of rotatable bonds is 11. The molecule has 0 spiro atoms. The molecule has 1 heterocycles. The lowest BCUT2D eigenvalue weighted by Gasteiger charge is -2.33. The standard InChI is InChI=1S/C34H39N3O5S/c1-25-18-20-27(21-19-25)24-36(30(23-26-11-4-2-5-12-26)33(39)35-28-13-6-3-7-14-28)32(38)17-10-22-37-34(40)29-15-8-9-16-31(29)43(37,41)42/h2,4-5,8-9,11-12,15-16,18-21,28,30H,3,6-7,10,13-14,17,22-24H2,1H3,(H,35,39)/t30-/m0/s1. The van der Waals surface area contributed by atoms with Crippen LogP contribution in [0.25, 0.3) is 0 Å². The first-order valence-corrected chi connectivity index (χ1v) is 16.5. The smallest absolute Gasteiger partial charge is 0.269 e. The predicted octanol–water partition coefficient (Wildman–Crippen LogP) is 5.01. The fourth-order valence-electron chi connectivity index (χ4n) is 5.96. The lowest BCUT2D eigenvalue weighted by atomic mass is 9.94. The van der Waals surface area contributed by atoms with Gasteiger partial charge in [0.15, 0.2) is 0 Å². The Morgan fingerprint density at radius 3 is 2.28 bits per heavy atom. The minimum absolute atomic E-state index is 0.00497. The number of sulfonamides is 1. The molecule has 5 rings (SSSR count). The second-order valence-corrected chi connectivity index (χ2v) is 13.4. The van der Waals surface area contributed by atoms with Gasteiger partial charge in [0.25, 0.3) is 15.9 Å². The predicted molar refractivity (Wildman–Crippen MR) is 165 cm³/mol. The zero-order valence-corrected chi connectivity index (χ0v) is 25.4. The number of benzene rings is 3. The van der Waals surface area contributed by atoms with Crippen molar-refractivity contribution >= 4 is 27.7 Å². The van der Waals surface area contributed by atoms with E-state index in [9.17, 15) is 22.8 Å². The maximum Gasteiger partial charge on any atom is 0.269 e. The van der Waals surface area contributed by atoms with Gasteiger partial charge in [-0.05, 0) is 49.4 Å². The fraction of sp³-hybridized carbons (Fsp3) is 0.382. The van der Waals surface area contributed by atoms with Gasteiger partial charge in [-0.25, -0.2) is 12.7 Å². The van der Waals surface area contributed by atoms with E-state index in [-0.39, 0.29) is 54.2 Å². The van der Waals surface area contributed by atoms with E-state index in [4.69, 9.17) is 0 Å². The fourth-order valence-corrected chi connectivity index (χ4v) is 7.57. The van der Waals surface area contributed by atoms with Crippen molar-refractivity contribution in [3.63, 3.8) is 0 Å². The molecule has 1 N–H and O–H groups in total. The van der Waals surface area contributed by atoms with E-state index in [1.807, 2.05) is 61.5 Å². The number of amides is 3. The maximum absolute atomic E-state index is 14.0. The molecule has 1 aliphatic carbocycles. The molecule has 0 unspecified atom stereocenters. The highest BCUT2D eigenvalue weighted by atomic mass is 32.2. The number of aryl methyl sites for hydroxylation is 1. The SMILES string of the molecule is Cc1ccc(CN(C(=O)CCCN2C(=O)c3ccccc3S2(=O)=O)[C@@H](Cc2ccccc2)C(=O)NC2CCCCC2)cc1. The second-order valence-electron chi connectivity index (χ2n) is 11.5. The molecule has 43 heavy (non-hydrogen) atoms. The lowest BCUT2D eigenvalue weighted by molar-refractivity contribution is -0.141. The van der Waals surface area contributed by atoms with Gasteiger partial charge in [-0.15, -0.1) is 0 Å². The molecule has 9 heteroatoms. The summed E-state index contributed by atoms with van der Waals surface area (Å²) in [5.74, 6) is -1.01. The molecule has 2 aliphatic rings. The quantitative estimate of drug-likeness (QED) is 0.333. The Morgan fingerprint density at radius 1 is 0.907 bits per heavy atom. The molecular weight excluding hydrogens is 562 g/mol. The third-order valence-electron chi connectivity index (χ3n) is 8.36. The Bertz CT molecular complexity index is 1550. The molecule has 1 aliphatic heterocycles. The highest BCUT2D eigenvalue weighted by Gasteiger charge is 2.40. The number of hydrogen-bond donors (Lipinski definition) is 1. The molecule has 1 saturated carbocycles. The Hall–Kier alpha value is -3.98. The molecule has 8 nitrogen and oxygen atoms in total. The molecule has 0 radical (unpaired) electrons. The average molecular weight is 602 g/mol. The minimum atomic E-state index is -3.96. The van der Waals surface area contributed by atoms with Crippen molar-refractivity contribution in [2.45, 2.75) is 81.8 Å². The topological polar surface area (TPSA) is 104 Å². The maximum atomic E-state index is 14.0. The van der Waals surface area contributed by atoms with Gasteiger partial charge in [0.2, 0.25) is 11.8 Å². The summed E-state index contributed by atoms with van der Waals surface area (Å²) in [7, 11) is -3.96. The summed E-state index contributed by atoms with van der Waals surface area (Å²) >= 11 is 0. The van der Waals surface area contributed by atoms with Crippen LogP contribution in [0.1, 0.15) is 72.0 Å². The summed E-state index contributed by atoms with van der Waals surface area (Å²) in [6.07, 6.45) is 5.65. The number of nitrogens with one attached hydrogen (secondary N) is 1. The highest BCUT2D eigenvalue weighted by Crippen LogP contribution is 2.30. The van der Waals surface area contributed by atoms with Gasteiger partial charge in [-0.1, -0.05) is 91.6 Å². The van der Waals surface area contributed by atoms with Crippen molar-refractivity contribution in [2.24, 2.45) is 0 Å². The summed E-state index contributed by atoms with van der Waals surface area (Å²) in [6.45, 7) is 2.12. The lowest BCUT2D eigenvalue weighted by Crippen LogP contribution is -2.52. The number of carbonyl (C=O) groups excluding carboxylic acids is 3. The first-order chi connectivity index (χ1) is 20.7. The molecule has 226 valence electrons. The molecule has 0 aromatic heterocycles. The Balaban J connectivity index is 1.37. The Kier molecular flexibility index (Phi) is 9.60. The van der Waals surface area contributed by atoms with Crippen LogP contribution in [0.3, 0.4) is 0 Å². The monoisotopic (exact) mass is 601 g/mol. The first-order valence-electron chi connectivity index (χ1n) is 15.1. The third kappa shape index (κ3) is 7.16. The van der Waals surface area contributed by atoms with E-state index in [2.05, 4.69) is 5.32 Å². The molecule has 3 aromatic carbocycles. The van der Waals surface area contributed by atoms with Crippen LogP contribution in [0.4, 0.5) is 0 Å². The molecule has 1 atom stereocenters. The van der Waals surface area contributed by atoms with Crippen LogP contribution in [0.2, 0.25) is 0 Å². The second kappa shape index (κ2) is 13.5. The van der Waals surface area contributed by atoms with Crippen LogP contribution in [0.5, 0.6) is 0 Å². The molecular formula is C34H39N3O5S. The zero-order valence-electron chi connectivity index (χ0n) is 24.6. The zero-order chi connectivity index (χ0) is 30.4. The van der Waals surface area contributed by atoms with Crippen molar-refractivity contribution in [3.05, 3.63) is 101 Å². The summed E-state index contributed by atoms with van der Waals surface area (Å²) in [4.78, 5) is 42.4. The van der Waals surface area contributed by atoms with Gasteiger partial charge in [0, 0.05) is 32.0 Å². The number of hydrogen-bond acceptors (Lipinski definition) is 5. The van der Waals surface area contributed by atoms with Crippen molar-refractivity contribution in [3.8, 4) is 0 Å². The van der Waals surface area contributed by atoms with Crippen molar-refractivity contribution in [1.29, 1.82) is 0 Å². The summed E-state index contributed by atoms with van der Waals surface area (Å²) in [5, 5.41) is 3.23. The van der Waals surface area contributed by atoms with Gasteiger partial charge in [0.05, 0.1) is 5.56 Å². The van der Waals surface area contributed by atoms with Crippen LogP contribution >= 0.6 is 0 Å². The summed E-state index contributed by atoms with van der Waals surface area (Å²) < 4.78 is 26.9. The van der Waals surface area contributed by atoms with Gasteiger partial charge in [-0.2, -0.15) is 0 Å². The van der Waals surface area contributed by atoms with Crippen molar-refractivity contribution < 1.29 is 22.8 Å². The summed E-state index contributed by atoms with van der Waals surface area (Å²) in [5.41, 5.74) is 3.09. The number of carbonyl (C=O) groups is 3. The van der Waals surface area contributed by atoms with E-state index >= 15 is 0 Å². The largest absolute Gasteiger partial charge is 0.352 e. The van der Waals surface area contributed by atoms with Crippen LogP contribution < -0.4 is 5.32 Å². The van der Waals surface area contributed by atoms with E-state index in [1.54, 1.807) is 17.0 Å². The van der Waals surface area contributed by atoms with Crippen LogP contribution in [-0.4, -0.2) is 54.0 Å². The van der Waals surface area contributed by atoms with Gasteiger partial charge in [0.1, 0.15) is 10.9 Å². The van der Waals surface area contributed by atoms with E-state index in [0.29, 0.717) is 6.42 Å². The normalized spacial score (nSPS) is 16.9. The number of fused-ring (bicyclic) bond motifs is 1.